The van der Waals surface area contributed by atoms with Crippen LogP contribution in [0, 0.1) is 23.1 Å². The van der Waals surface area contributed by atoms with Crippen LogP contribution < -0.4 is 5.32 Å². The summed E-state index contributed by atoms with van der Waals surface area (Å²) in [6.45, 7) is 0. The molecular weight excluding hydrogens is 624 g/mol. The van der Waals surface area contributed by atoms with Crippen LogP contribution in [0.15, 0.2) is 54.6 Å². The van der Waals surface area contributed by atoms with Gasteiger partial charge in [-0.15, -0.1) is 23.2 Å². The lowest BCUT2D eigenvalue weighted by molar-refractivity contribution is -0.143. The van der Waals surface area contributed by atoms with E-state index in [1.165, 1.54) is 24.3 Å². The second-order valence-corrected chi connectivity index (χ2v) is 11.0. The highest BCUT2D eigenvalue weighted by molar-refractivity contribution is 6.53. The SMILES string of the molecule is N#Cc1cc(F)ccc1CC(=O)c1cc(NC(=O)C2C(c3cc(C(F)(F)F)cc(C(F)(F)F)c3)C2(Cl)Cl)ccc1Cl. The monoisotopic (exact) mass is 636 g/mol. The van der Waals surface area contributed by atoms with Gasteiger partial charge in [-0.25, -0.2) is 4.39 Å². The summed E-state index contributed by atoms with van der Waals surface area (Å²) in [5.41, 5.74) is -3.63. The number of nitrogens with zero attached hydrogens (tertiary/aromatic N) is 1. The zero-order valence-corrected chi connectivity index (χ0v) is 22.4. The number of amides is 1. The Morgan fingerprint density at radius 2 is 1.54 bits per heavy atom. The molecule has 41 heavy (non-hydrogen) atoms. The number of carbonyl (C=O) groups is 2. The van der Waals surface area contributed by atoms with Gasteiger partial charge in [-0.2, -0.15) is 31.6 Å². The third-order valence-corrected chi connectivity index (χ3v) is 7.65. The molecule has 4 rings (SSSR count). The van der Waals surface area contributed by atoms with E-state index in [0.29, 0.717) is 12.1 Å². The first-order chi connectivity index (χ1) is 18.9. The van der Waals surface area contributed by atoms with E-state index in [9.17, 15) is 45.6 Å². The van der Waals surface area contributed by atoms with Crippen LogP contribution in [0.4, 0.5) is 36.4 Å². The number of nitriles is 1. The van der Waals surface area contributed by atoms with Gasteiger partial charge >= 0.3 is 12.4 Å². The largest absolute Gasteiger partial charge is 0.416 e. The van der Waals surface area contributed by atoms with E-state index in [4.69, 9.17) is 34.8 Å². The average molecular weight is 638 g/mol. The molecule has 2 atom stereocenters. The molecule has 0 aliphatic heterocycles. The summed E-state index contributed by atoms with van der Waals surface area (Å²) in [7, 11) is 0. The van der Waals surface area contributed by atoms with E-state index in [-0.39, 0.29) is 39.9 Å². The number of alkyl halides is 8. The number of benzene rings is 3. The van der Waals surface area contributed by atoms with Crippen molar-refractivity contribution in [3.05, 3.63) is 98.8 Å². The molecule has 4 nitrogen and oxygen atoms in total. The highest BCUT2D eigenvalue weighted by Gasteiger charge is 2.68. The number of rotatable bonds is 6. The minimum atomic E-state index is -5.11. The molecule has 1 N–H and O–H groups in total. The molecule has 0 bridgehead atoms. The fourth-order valence-electron chi connectivity index (χ4n) is 4.34. The lowest BCUT2D eigenvalue weighted by Crippen LogP contribution is -2.17. The van der Waals surface area contributed by atoms with Crippen LogP contribution >= 0.6 is 34.8 Å². The maximum absolute atomic E-state index is 13.4. The van der Waals surface area contributed by atoms with Gasteiger partial charge in [-0.3, -0.25) is 9.59 Å². The summed E-state index contributed by atoms with van der Waals surface area (Å²) in [5, 5.41) is 11.6. The Balaban J connectivity index is 1.58. The molecule has 0 saturated heterocycles. The standard InChI is InChI=1S/C27H14Cl3F7N2O2/c28-20-4-3-18(10-19(20)21(40)8-12-1-2-17(31)7-14(12)11-38)39-24(41)23-22(25(23,29)30)13-5-15(26(32,33)34)9-16(6-13)27(35,36)37/h1-7,9-10,22-23H,8H2,(H,39,41). The third-order valence-electron chi connectivity index (χ3n) is 6.38. The fourth-order valence-corrected chi connectivity index (χ4v) is 5.39. The van der Waals surface area contributed by atoms with Crippen molar-refractivity contribution in [2.24, 2.45) is 5.92 Å². The molecule has 0 radical (unpaired) electrons. The molecule has 14 heteroatoms. The summed E-state index contributed by atoms with van der Waals surface area (Å²) in [6, 6.07) is 9.67. The molecule has 1 fully saturated rings. The van der Waals surface area contributed by atoms with E-state index in [0.717, 1.165) is 12.1 Å². The number of carbonyl (C=O) groups excluding carboxylic acids is 2. The van der Waals surface area contributed by atoms with Crippen molar-refractivity contribution >= 4 is 52.2 Å². The van der Waals surface area contributed by atoms with Crippen LogP contribution in [0.2, 0.25) is 5.02 Å². The molecule has 1 amide bonds. The van der Waals surface area contributed by atoms with Gasteiger partial charge in [-0.1, -0.05) is 17.7 Å². The molecule has 214 valence electrons. The van der Waals surface area contributed by atoms with Crippen molar-refractivity contribution in [1.29, 1.82) is 5.26 Å². The Labute approximate surface area is 242 Å². The van der Waals surface area contributed by atoms with Crippen LogP contribution in [0.25, 0.3) is 0 Å². The number of anilines is 1. The summed E-state index contributed by atoms with van der Waals surface area (Å²) in [5.74, 6) is -5.05. The van der Waals surface area contributed by atoms with E-state index in [1.54, 1.807) is 6.07 Å². The lowest BCUT2D eigenvalue weighted by atomic mass is 9.98. The lowest BCUT2D eigenvalue weighted by Gasteiger charge is -2.14. The first-order valence-corrected chi connectivity index (χ1v) is 12.6. The van der Waals surface area contributed by atoms with E-state index < -0.39 is 62.7 Å². The molecule has 3 aromatic rings. The maximum Gasteiger partial charge on any atom is 0.416 e. The van der Waals surface area contributed by atoms with Crippen LogP contribution in [0.1, 0.15) is 44.1 Å². The van der Waals surface area contributed by atoms with Gasteiger partial charge in [0.15, 0.2) is 5.78 Å². The number of hydrogen-bond acceptors (Lipinski definition) is 3. The van der Waals surface area contributed by atoms with E-state index in [2.05, 4.69) is 5.32 Å². The van der Waals surface area contributed by atoms with Gasteiger partial charge < -0.3 is 5.32 Å². The van der Waals surface area contributed by atoms with Crippen molar-refractivity contribution in [2.45, 2.75) is 29.0 Å². The van der Waals surface area contributed by atoms with Crippen molar-refractivity contribution in [3.63, 3.8) is 0 Å². The third kappa shape index (κ3) is 6.45. The Morgan fingerprint density at radius 1 is 0.927 bits per heavy atom. The molecular formula is C27H14Cl3F7N2O2. The van der Waals surface area contributed by atoms with Crippen molar-refractivity contribution < 1.29 is 40.3 Å². The second kappa shape index (κ2) is 10.8. The average Bonchev–Trinajstić information content (AvgIpc) is 3.46. The highest BCUT2D eigenvalue weighted by Crippen LogP contribution is 2.65. The smallest absolute Gasteiger partial charge is 0.326 e. The molecule has 1 saturated carbocycles. The van der Waals surface area contributed by atoms with Crippen LogP contribution in [0.3, 0.4) is 0 Å². The predicted molar refractivity (Wildman–Crippen MR) is 136 cm³/mol. The van der Waals surface area contributed by atoms with Crippen molar-refractivity contribution in [3.8, 4) is 6.07 Å². The molecule has 1 aliphatic carbocycles. The minimum absolute atomic E-state index is 0.00262. The molecule has 1 aliphatic rings. The first-order valence-electron chi connectivity index (χ1n) is 11.4. The van der Waals surface area contributed by atoms with Gasteiger partial charge in [0.1, 0.15) is 10.2 Å². The van der Waals surface area contributed by atoms with Gasteiger partial charge in [-0.05, 0) is 59.7 Å². The molecule has 0 spiro atoms. The van der Waals surface area contributed by atoms with Gasteiger partial charge in [0.05, 0.1) is 33.7 Å². The van der Waals surface area contributed by atoms with E-state index in [1.807, 2.05) is 0 Å². The quantitative estimate of drug-likeness (QED) is 0.168. The topological polar surface area (TPSA) is 70.0 Å². The van der Waals surface area contributed by atoms with Crippen LogP contribution in [-0.4, -0.2) is 16.0 Å². The molecule has 0 heterocycles. The van der Waals surface area contributed by atoms with Crippen molar-refractivity contribution in [1.82, 2.24) is 0 Å². The Morgan fingerprint density at radius 3 is 2.10 bits per heavy atom. The minimum Gasteiger partial charge on any atom is -0.326 e. The summed E-state index contributed by atoms with van der Waals surface area (Å²) < 4.78 is 91.2. The van der Waals surface area contributed by atoms with Gasteiger partial charge in [0, 0.05) is 23.6 Å². The highest BCUT2D eigenvalue weighted by atomic mass is 35.5. The van der Waals surface area contributed by atoms with Gasteiger partial charge in [0.25, 0.3) is 0 Å². The summed E-state index contributed by atoms with van der Waals surface area (Å²) >= 11 is 18.4. The second-order valence-electron chi connectivity index (χ2n) is 9.17. The zero-order valence-electron chi connectivity index (χ0n) is 20.1. The van der Waals surface area contributed by atoms with Crippen LogP contribution in [0.5, 0.6) is 0 Å². The Hall–Kier alpha value is -3.33. The number of halogens is 10. The summed E-state index contributed by atoms with van der Waals surface area (Å²) in [4.78, 5) is 25.9. The zero-order chi connectivity index (χ0) is 30.5. The first kappa shape index (κ1) is 30.6. The molecule has 2 unspecified atom stereocenters. The molecule has 3 aromatic carbocycles. The summed E-state index contributed by atoms with van der Waals surface area (Å²) in [6.07, 6.45) is -10.6. The normalized spacial score (nSPS) is 18.0. The number of Topliss-reactive ketones (excluding diaryl/α,β-unsaturated/α-hetero) is 1. The van der Waals surface area contributed by atoms with Crippen molar-refractivity contribution in [2.75, 3.05) is 5.32 Å². The maximum atomic E-state index is 13.4. The fraction of sp³-hybridized carbons (Fsp3) is 0.222. The Bertz CT molecular complexity index is 1560. The predicted octanol–water partition coefficient (Wildman–Crippen LogP) is 8.34. The Kier molecular flexibility index (Phi) is 8.08. The number of nitrogens with one attached hydrogen (secondary N) is 1. The van der Waals surface area contributed by atoms with E-state index >= 15 is 0 Å². The van der Waals surface area contributed by atoms with Crippen LogP contribution in [-0.2, 0) is 23.6 Å². The van der Waals surface area contributed by atoms with Gasteiger partial charge in [0.2, 0.25) is 5.91 Å². The number of ketones is 1. The number of hydrogen-bond donors (Lipinski definition) is 1. The molecule has 0 aromatic heterocycles.